The van der Waals surface area contributed by atoms with Gasteiger partial charge in [0.2, 0.25) is 5.91 Å². The molecule has 0 spiro atoms. The average Bonchev–Trinajstić information content (AvgIpc) is 2.56. The summed E-state index contributed by atoms with van der Waals surface area (Å²) in [5.74, 6) is -1.86. The Balaban J connectivity index is 1.89. The SMILES string of the molecule is NCc1ccc(CC(=O)N[C@H]2CC[C@@H](CC(=O)O)OB2O)nc1CN. The summed E-state index contributed by atoms with van der Waals surface area (Å²) in [5, 5.41) is 21.4. The Morgan fingerprint density at radius 2 is 2.08 bits per heavy atom. The molecule has 9 nitrogen and oxygen atoms in total. The number of aliphatic carboxylic acids is 1. The lowest BCUT2D eigenvalue weighted by molar-refractivity contribution is -0.139. The number of carboxylic acids is 1. The molecule has 0 saturated carbocycles. The number of nitrogens with zero attached hydrogens (tertiary/aromatic N) is 1. The Hall–Kier alpha value is -2.01. The average molecular weight is 350 g/mol. The summed E-state index contributed by atoms with van der Waals surface area (Å²) in [7, 11) is -1.23. The predicted octanol–water partition coefficient (Wildman–Crippen LogP) is -1.30. The summed E-state index contributed by atoms with van der Waals surface area (Å²) >= 11 is 0. The second kappa shape index (κ2) is 8.91. The number of pyridine rings is 1. The maximum atomic E-state index is 12.2. The Morgan fingerprint density at radius 3 is 2.68 bits per heavy atom. The van der Waals surface area contributed by atoms with Crippen molar-refractivity contribution in [3.63, 3.8) is 0 Å². The van der Waals surface area contributed by atoms with E-state index >= 15 is 0 Å². The van der Waals surface area contributed by atoms with Crippen molar-refractivity contribution in [3.8, 4) is 0 Å². The molecule has 1 aromatic heterocycles. The van der Waals surface area contributed by atoms with E-state index < -0.39 is 25.1 Å². The summed E-state index contributed by atoms with van der Waals surface area (Å²) < 4.78 is 5.24. The Labute approximate surface area is 145 Å². The van der Waals surface area contributed by atoms with E-state index in [0.717, 1.165) is 5.56 Å². The first kappa shape index (κ1) is 19.3. The first-order chi connectivity index (χ1) is 11.9. The van der Waals surface area contributed by atoms with E-state index in [0.29, 0.717) is 30.8 Å². The molecular formula is C15H23BN4O5. The van der Waals surface area contributed by atoms with Crippen molar-refractivity contribution in [2.24, 2.45) is 11.5 Å². The minimum Gasteiger partial charge on any atom is -0.481 e. The van der Waals surface area contributed by atoms with Crippen LogP contribution in [0.5, 0.6) is 0 Å². The van der Waals surface area contributed by atoms with Gasteiger partial charge in [0.25, 0.3) is 0 Å². The minimum absolute atomic E-state index is 0.0413. The van der Waals surface area contributed by atoms with Gasteiger partial charge in [-0.1, -0.05) is 6.07 Å². The molecule has 10 heteroatoms. The van der Waals surface area contributed by atoms with Crippen LogP contribution in [-0.2, 0) is 33.8 Å². The molecule has 0 aliphatic carbocycles. The molecule has 2 atom stereocenters. The van der Waals surface area contributed by atoms with Crippen LogP contribution >= 0.6 is 0 Å². The fraction of sp³-hybridized carbons (Fsp3) is 0.533. The van der Waals surface area contributed by atoms with Crippen molar-refractivity contribution in [2.75, 3.05) is 0 Å². The highest BCUT2D eigenvalue weighted by Gasteiger charge is 2.36. The van der Waals surface area contributed by atoms with Crippen LogP contribution in [0.3, 0.4) is 0 Å². The highest BCUT2D eigenvalue weighted by Crippen LogP contribution is 2.18. The molecule has 7 N–H and O–H groups in total. The standard InChI is InChI=1S/C15H23BN4O5/c17-7-9-1-2-10(19-12(9)8-18)5-14(21)20-13-4-3-11(6-15(22)23)25-16(13)24/h1-2,11,13,24H,3-8,17-18H2,(H,20,21)(H,22,23)/t11-,13-/m0/s1. The largest absolute Gasteiger partial charge is 0.481 e. The van der Waals surface area contributed by atoms with Crippen LogP contribution in [0.1, 0.15) is 36.2 Å². The molecule has 136 valence electrons. The van der Waals surface area contributed by atoms with Gasteiger partial charge in [0.05, 0.1) is 36.3 Å². The number of nitrogens with two attached hydrogens (primary N) is 2. The summed E-state index contributed by atoms with van der Waals surface area (Å²) in [6, 6.07) is 3.52. The number of rotatable bonds is 7. The maximum Gasteiger partial charge on any atom is 0.478 e. The fourth-order valence-electron chi connectivity index (χ4n) is 2.82. The van der Waals surface area contributed by atoms with Gasteiger partial charge in [-0.3, -0.25) is 14.6 Å². The fourth-order valence-corrected chi connectivity index (χ4v) is 2.82. The lowest BCUT2D eigenvalue weighted by Crippen LogP contribution is -2.53. The van der Waals surface area contributed by atoms with Gasteiger partial charge >= 0.3 is 13.1 Å². The molecule has 2 rings (SSSR count). The number of carbonyl (C=O) groups excluding carboxylic acids is 1. The smallest absolute Gasteiger partial charge is 0.478 e. The number of amides is 1. The van der Waals surface area contributed by atoms with Crippen molar-refractivity contribution in [2.45, 2.75) is 50.8 Å². The molecule has 1 amide bonds. The van der Waals surface area contributed by atoms with E-state index in [1.807, 2.05) is 0 Å². The number of carbonyl (C=O) groups is 2. The second-order valence-electron chi connectivity index (χ2n) is 5.99. The number of hydrogen-bond acceptors (Lipinski definition) is 7. The maximum absolute atomic E-state index is 12.2. The molecule has 0 unspecified atom stereocenters. The molecule has 1 aliphatic rings. The lowest BCUT2D eigenvalue weighted by atomic mass is 9.72. The molecular weight excluding hydrogens is 327 g/mol. The molecule has 25 heavy (non-hydrogen) atoms. The van der Waals surface area contributed by atoms with Crippen molar-refractivity contribution in [3.05, 3.63) is 29.1 Å². The van der Waals surface area contributed by atoms with Crippen LogP contribution in [0.2, 0.25) is 0 Å². The van der Waals surface area contributed by atoms with E-state index in [2.05, 4.69) is 10.3 Å². The van der Waals surface area contributed by atoms with Crippen LogP contribution in [0.25, 0.3) is 0 Å². The summed E-state index contributed by atoms with van der Waals surface area (Å²) in [6.07, 6.45) is 0.225. The van der Waals surface area contributed by atoms with Crippen LogP contribution in [0.4, 0.5) is 0 Å². The normalized spacial score (nSPS) is 20.4. The summed E-state index contributed by atoms with van der Waals surface area (Å²) in [6.45, 7) is 0.567. The van der Waals surface area contributed by atoms with Crippen LogP contribution in [-0.4, -0.2) is 46.2 Å². The van der Waals surface area contributed by atoms with E-state index in [1.165, 1.54) is 0 Å². The Bertz CT molecular complexity index is 630. The molecule has 1 aromatic rings. The van der Waals surface area contributed by atoms with Crippen LogP contribution in [0.15, 0.2) is 12.1 Å². The van der Waals surface area contributed by atoms with Gasteiger partial charge in [-0.15, -0.1) is 0 Å². The van der Waals surface area contributed by atoms with E-state index in [1.54, 1.807) is 12.1 Å². The summed E-state index contributed by atoms with van der Waals surface area (Å²) in [4.78, 5) is 27.2. The van der Waals surface area contributed by atoms with Gasteiger partial charge in [-0.25, -0.2) is 0 Å². The van der Waals surface area contributed by atoms with Gasteiger partial charge in [0, 0.05) is 13.1 Å². The highest BCUT2D eigenvalue weighted by molar-refractivity contribution is 6.45. The Morgan fingerprint density at radius 1 is 1.32 bits per heavy atom. The monoisotopic (exact) mass is 350 g/mol. The van der Waals surface area contributed by atoms with Gasteiger partial charge in [-0.05, 0) is 24.5 Å². The molecule has 1 fully saturated rings. The number of carboxylic acid groups (broad SMARTS) is 1. The van der Waals surface area contributed by atoms with Crippen molar-refractivity contribution >= 4 is 19.0 Å². The second-order valence-corrected chi connectivity index (χ2v) is 5.99. The highest BCUT2D eigenvalue weighted by atomic mass is 16.5. The van der Waals surface area contributed by atoms with Crippen molar-refractivity contribution < 1.29 is 24.4 Å². The number of hydrogen-bond donors (Lipinski definition) is 5. The number of nitrogens with one attached hydrogen (secondary N) is 1. The third-order valence-electron chi connectivity index (χ3n) is 4.11. The quantitative estimate of drug-likeness (QED) is 0.379. The third-order valence-corrected chi connectivity index (χ3v) is 4.11. The van der Waals surface area contributed by atoms with Gasteiger partial charge in [0.1, 0.15) is 0 Å². The Kier molecular flexibility index (Phi) is 6.88. The molecule has 0 radical (unpaired) electrons. The minimum atomic E-state index is -1.23. The first-order valence-corrected chi connectivity index (χ1v) is 8.15. The lowest BCUT2D eigenvalue weighted by Gasteiger charge is -2.30. The molecule has 1 saturated heterocycles. The van der Waals surface area contributed by atoms with E-state index in [-0.39, 0.29) is 25.3 Å². The van der Waals surface area contributed by atoms with Crippen molar-refractivity contribution in [1.82, 2.24) is 10.3 Å². The molecule has 2 heterocycles. The van der Waals surface area contributed by atoms with Gasteiger partial charge in [-0.2, -0.15) is 0 Å². The molecule has 0 aromatic carbocycles. The topological polar surface area (TPSA) is 161 Å². The third kappa shape index (κ3) is 5.50. The molecule has 0 bridgehead atoms. The first-order valence-electron chi connectivity index (χ1n) is 8.15. The summed E-state index contributed by atoms with van der Waals surface area (Å²) in [5.41, 5.74) is 13.3. The van der Waals surface area contributed by atoms with E-state index in [9.17, 15) is 14.6 Å². The van der Waals surface area contributed by atoms with E-state index in [4.69, 9.17) is 21.2 Å². The zero-order valence-electron chi connectivity index (χ0n) is 13.9. The van der Waals surface area contributed by atoms with Crippen LogP contribution in [0, 0.1) is 0 Å². The molecule has 1 aliphatic heterocycles. The zero-order chi connectivity index (χ0) is 18.4. The predicted molar refractivity (Wildman–Crippen MR) is 90.0 cm³/mol. The zero-order valence-corrected chi connectivity index (χ0v) is 13.9. The van der Waals surface area contributed by atoms with Gasteiger partial charge in [0.15, 0.2) is 0 Å². The van der Waals surface area contributed by atoms with Crippen LogP contribution < -0.4 is 16.8 Å². The van der Waals surface area contributed by atoms with Gasteiger partial charge < -0.3 is 31.6 Å². The number of aromatic nitrogens is 1. The van der Waals surface area contributed by atoms with Crippen molar-refractivity contribution in [1.29, 1.82) is 0 Å².